The summed E-state index contributed by atoms with van der Waals surface area (Å²) in [6.45, 7) is 1.30. The first kappa shape index (κ1) is 24.9. The summed E-state index contributed by atoms with van der Waals surface area (Å²) in [6.07, 6.45) is 8.00. The van der Waals surface area contributed by atoms with Crippen LogP contribution in [-0.2, 0) is 9.59 Å². The van der Waals surface area contributed by atoms with Crippen molar-refractivity contribution < 1.29 is 19.1 Å². The molecule has 0 bridgehead atoms. The molecule has 5 nitrogen and oxygen atoms in total. The van der Waals surface area contributed by atoms with Gasteiger partial charge in [-0.3, -0.25) is 9.59 Å². The van der Waals surface area contributed by atoms with Crippen molar-refractivity contribution in [2.24, 2.45) is 17.1 Å². The van der Waals surface area contributed by atoms with Gasteiger partial charge in [0.05, 0.1) is 16.1 Å². The summed E-state index contributed by atoms with van der Waals surface area (Å²) >= 11 is 12.6. The van der Waals surface area contributed by atoms with Crippen LogP contribution in [-0.4, -0.2) is 23.5 Å². The number of halogens is 3. The van der Waals surface area contributed by atoms with E-state index in [-0.39, 0.29) is 39.9 Å². The molecule has 2 amide bonds. The van der Waals surface area contributed by atoms with Crippen LogP contribution in [0.5, 0.6) is 0 Å². The van der Waals surface area contributed by atoms with Gasteiger partial charge in [-0.2, -0.15) is 0 Å². The lowest BCUT2D eigenvalue weighted by molar-refractivity contribution is -0.126. The molecule has 2 fully saturated rings. The second-order valence-electron chi connectivity index (χ2n) is 8.33. The molecule has 0 saturated heterocycles. The van der Waals surface area contributed by atoms with Crippen LogP contribution in [0.4, 0.5) is 4.39 Å². The van der Waals surface area contributed by atoms with Gasteiger partial charge in [0.25, 0.3) is 0 Å². The molecule has 1 aromatic rings. The average Bonchev–Trinajstić information content (AvgIpc) is 3.37. The van der Waals surface area contributed by atoms with E-state index in [0.717, 1.165) is 51.4 Å². The number of aliphatic hydroxyl groups excluding tert-OH is 1. The van der Waals surface area contributed by atoms with Crippen LogP contribution in [0.2, 0.25) is 10.0 Å². The molecule has 2 aliphatic carbocycles. The van der Waals surface area contributed by atoms with E-state index in [2.05, 4.69) is 11.1 Å². The highest BCUT2D eigenvalue weighted by atomic mass is 35.5. The highest BCUT2D eigenvalue weighted by molar-refractivity contribution is 6.42. The van der Waals surface area contributed by atoms with Gasteiger partial charge in [-0.05, 0) is 49.7 Å². The highest BCUT2D eigenvalue weighted by Gasteiger charge is 2.45. The van der Waals surface area contributed by atoms with Crippen molar-refractivity contribution in [3.05, 3.63) is 33.6 Å². The molecule has 168 valence electrons. The quantitative estimate of drug-likeness (QED) is 0.526. The summed E-state index contributed by atoms with van der Waals surface area (Å²) in [5.41, 5.74) is 4.35. The number of amides is 2. The number of aliphatic hydroxyl groups is 1. The fourth-order valence-corrected chi connectivity index (χ4v) is 5.20. The van der Waals surface area contributed by atoms with E-state index in [1.807, 2.05) is 0 Å². The fraction of sp³-hybridized carbons (Fsp3) is 0.636. The number of rotatable bonds is 6. The van der Waals surface area contributed by atoms with Crippen molar-refractivity contribution in [2.45, 2.75) is 70.8 Å². The topological polar surface area (TPSA) is 92.4 Å². The van der Waals surface area contributed by atoms with Gasteiger partial charge in [-0.15, -0.1) is 0 Å². The van der Waals surface area contributed by atoms with Crippen LogP contribution in [0.15, 0.2) is 12.1 Å². The maximum absolute atomic E-state index is 14.8. The maximum Gasteiger partial charge on any atom is 0.223 e. The molecule has 1 aromatic carbocycles. The van der Waals surface area contributed by atoms with E-state index in [4.69, 9.17) is 23.2 Å². The minimum atomic E-state index is -0.573. The Morgan fingerprint density at radius 3 is 2.33 bits per heavy atom. The van der Waals surface area contributed by atoms with Gasteiger partial charge in [0.15, 0.2) is 0 Å². The van der Waals surface area contributed by atoms with E-state index < -0.39 is 17.3 Å². The van der Waals surface area contributed by atoms with Crippen LogP contribution in [0.3, 0.4) is 0 Å². The van der Waals surface area contributed by atoms with Crippen molar-refractivity contribution in [3.8, 4) is 0 Å². The third-order valence-corrected chi connectivity index (χ3v) is 7.02. The Labute approximate surface area is 187 Å². The normalized spacial score (nSPS) is 19.1. The van der Waals surface area contributed by atoms with Gasteiger partial charge >= 0.3 is 0 Å². The van der Waals surface area contributed by atoms with Crippen molar-refractivity contribution in [2.75, 3.05) is 6.61 Å². The summed E-state index contributed by atoms with van der Waals surface area (Å²) in [6, 6.07) is 2.17. The number of benzene rings is 1. The number of nitrogens with one attached hydrogen (secondary N) is 1. The molecule has 1 unspecified atom stereocenters. The lowest BCUT2D eigenvalue weighted by Crippen LogP contribution is -2.43. The molecule has 0 radical (unpaired) electrons. The van der Waals surface area contributed by atoms with E-state index in [1.165, 1.54) is 19.1 Å². The molecule has 3 rings (SSSR count). The summed E-state index contributed by atoms with van der Waals surface area (Å²) in [5.74, 6) is -0.849. The predicted molar refractivity (Wildman–Crippen MR) is 117 cm³/mol. The molecule has 0 heterocycles. The zero-order valence-electron chi connectivity index (χ0n) is 17.4. The molecule has 4 N–H and O–H groups in total. The standard InChI is InChI=1S/C20H26Cl2FNO2.C2H5NO/c21-14-7-8-15(23)16(17(14)22)18(20(11-12-25)9-3-4-10-20)24-19(26)13-5-1-2-6-13;1-2(3)4/h7-8,13,18,25H,1-6,9-12H2,(H,24,26);1H3,(H2,3,4). The van der Waals surface area contributed by atoms with Crippen molar-refractivity contribution in [1.82, 2.24) is 5.32 Å². The SMILES string of the molecule is CC(N)=O.O=C(NC(c1c(F)ccc(Cl)c1Cl)C1(CCO)CCCC1)C1CCCC1. The Morgan fingerprint density at radius 2 is 1.80 bits per heavy atom. The third kappa shape index (κ3) is 6.08. The van der Waals surface area contributed by atoms with Crippen LogP contribution in [0, 0.1) is 17.2 Å². The Hall–Kier alpha value is -1.37. The molecule has 0 aromatic heterocycles. The second-order valence-corrected chi connectivity index (χ2v) is 9.12. The first-order chi connectivity index (χ1) is 14.2. The van der Waals surface area contributed by atoms with Gasteiger partial charge in [0.2, 0.25) is 11.8 Å². The molecule has 0 aliphatic heterocycles. The van der Waals surface area contributed by atoms with Crippen molar-refractivity contribution in [1.29, 1.82) is 0 Å². The third-order valence-electron chi connectivity index (χ3n) is 6.20. The summed E-state index contributed by atoms with van der Waals surface area (Å²) < 4.78 is 14.8. The lowest BCUT2D eigenvalue weighted by atomic mass is 9.72. The van der Waals surface area contributed by atoms with E-state index >= 15 is 0 Å². The van der Waals surface area contributed by atoms with Crippen molar-refractivity contribution >= 4 is 35.0 Å². The summed E-state index contributed by atoms with van der Waals surface area (Å²) in [4.78, 5) is 22.1. The van der Waals surface area contributed by atoms with Gasteiger partial charge in [0.1, 0.15) is 5.82 Å². The highest BCUT2D eigenvalue weighted by Crippen LogP contribution is 2.52. The van der Waals surface area contributed by atoms with Crippen LogP contribution < -0.4 is 11.1 Å². The minimum absolute atomic E-state index is 0.00436. The molecule has 1 atom stereocenters. The maximum atomic E-state index is 14.8. The average molecular weight is 461 g/mol. The number of nitrogens with two attached hydrogens (primary N) is 1. The minimum Gasteiger partial charge on any atom is -0.396 e. The van der Waals surface area contributed by atoms with Gasteiger partial charge in [-0.1, -0.05) is 48.9 Å². The summed E-state index contributed by atoms with van der Waals surface area (Å²) in [7, 11) is 0. The number of hydrogen-bond donors (Lipinski definition) is 3. The number of hydrogen-bond acceptors (Lipinski definition) is 3. The van der Waals surface area contributed by atoms with Gasteiger partial charge in [-0.25, -0.2) is 4.39 Å². The molecule has 0 spiro atoms. The molecule has 8 heteroatoms. The Balaban J connectivity index is 0.000000735. The smallest absolute Gasteiger partial charge is 0.223 e. The Kier molecular flexibility index (Phi) is 9.38. The van der Waals surface area contributed by atoms with Crippen LogP contribution in [0.1, 0.15) is 76.3 Å². The van der Waals surface area contributed by atoms with Crippen LogP contribution in [0.25, 0.3) is 0 Å². The van der Waals surface area contributed by atoms with Gasteiger partial charge < -0.3 is 16.2 Å². The lowest BCUT2D eigenvalue weighted by Gasteiger charge is -2.39. The van der Waals surface area contributed by atoms with E-state index in [9.17, 15) is 19.1 Å². The number of carbonyl (C=O) groups is 2. The predicted octanol–water partition coefficient (Wildman–Crippen LogP) is 4.91. The molecular weight excluding hydrogens is 430 g/mol. The fourth-order valence-electron chi connectivity index (χ4n) is 4.77. The van der Waals surface area contributed by atoms with Crippen LogP contribution >= 0.6 is 23.2 Å². The first-order valence-corrected chi connectivity index (χ1v) is 11.3. The molecule has 2 saturated carbocycles. The Morgan fingerprint density at radius 1 is 1.23 bits per heavy atom. The monoisotopic (exact) mass is 460 g/mol. The molecule has 2 aliphatic rings. The van der Waals surface area contributed by atoms with Gasteiger partial charge in [0, 0.05) is 25.0 Å². The van der Waals surface area contributed by atoms with E-state index in [1.54, 1.807) is 0 Å². The van der Waals surface area contributed by atoms with E-state index in [0.29, 0.717) is 6.42 Å². The molecule has 30 heavy (non-hydrogen) atoms. The zero-order valence-corrected chi connectivity index (χ0v) is 18.9. The zero-order chi connectivity index (χ0) is 22.3. The largest absolute Gasteiger partial charge is 0.396 e. The Bertz CT molecular complexity index is 744. The molecular formula is C22H31Cl2FN2O3. The van der Waals surface area contributed by atoms with Crippen molar-refractivity contribution in [3.63, 3.8) is 0 Å². The second kappa shape index (κ2) is 11.3. The summed E-state index contributed by atoms with van der Waals surface area (Å²) in [5, 5.41) is 13.2. The first-order valence-electron chi connectivity index (χ1n) is 10.5. The number of carbonyl (C=O) groups excluding carboxylic acids is 2. The number of primary amides is 1.